The number of nitrogens with zero attached hydrogens (tertiary/aromatic N) is 2. The zero-order valence-electron chi connectivity index (χ0n) is 16.0. The van der Waals surface area contributed by atoms with Gasteiger partial charge in [0.15, 0.2) is 5.13 Å². The van der Waals surface area contributed by atoms with Crippen molar-refractivity contribution in [2.45, 2.75) is 13.3 Å². The molecule has 6 nitrogen and oxygen atoms in total. The quantitative estimate of drug-likeness (QED) is 0.490. The molecule has 2 heterocycles. The van der Waals surface area contributed by atoms with E-state index in [0.717, 1.165) is 22.6 Å². The van der Waals surface area contributed by atoms with Crippen molar-refractivity contribution in [1.29, 1.82) is 0 Å². The largest absolute Gasteiger partial charge is 0.497 e. The van der Waals surface area contributed by atoms with E-state index in [1.54, 1.807) is 7.11 Å². The number of thiazole rings is 1. The lowest BCUT2D eigenvalue weighted by Crippen LogP contribution is -2.15. The SMILES string of the molecule is COc1ccc(-c2csc(NC(=O)Cc3nc(-c4ccccc4)oc3C)n2)cc1. The third kappa shape index (κ3) is 4.35. The predicted octanol–water partition coefficient (Wildman–Crippen LogP) is 4.96. The third-order valence-corrected chi connectivity index (χ3v) is 5.14. The molecule has 29 heavy (non-hydrogen) atoms. The minimum Gasteiger partial charge on any atom is -0.497 e. The zero-order chi connectivity index (χ0) is 20.2. The first-order valence-electron chi connectivity index (χ1n) is 9.04. The van der Waals surface area contributed by atoms with Crippen LogP contribution in [0.3, 0.4) is 0 Å². The van der Waals surface area contributed by atoms with E-state index in [0.29, 0.717) is 22.5 Å². The molecule has 1 N–H and O–H groups in total. The molecule has 0 saturated carbocycles. The third-order valence-electron chi connectivity index (χ3n) is 4.38. The molecule has 146 valence electrons. The predicted molar refractivity (Wildman–Crippen MR) is 113 cm³/mol. The molecular weight excluding hydrogens is 386 g/mol. The van der Waals surface area contributed by atoms with Crippen molar-refractivity contribution in [3.05, 3.63) is 71.4 Å². The van der Waals surface area contributed by atoms with Crippen LogP contribution in [-0.4, -0.2) is 23.0 Å². The van der Waals surface area contributed by atoms with Gasteiger partial charge in [0, 0.05) is 16.5 Å². The van der Waals surface area contributed by atoms with Crippen LogP contribution in [-0.2, 0) is 11.2 Å². The normalized spacial score (nSPS) is 10.7. The number of benzene rings is 2. The van der Waals surface area contributed by atoms with Gasteiger partial charge in [-0.2, -0.15) is 0 Å². The van der Waals surface area contributed by atoms with Crippen LogP contribution in [0.1, 0.15) is 11.5 Å². The maximum absolute atomic E-state index is 12.5. The summed E-state index contributed by atoms with van der Waals surface area (Å²) in [6, 6.07) is 17.2. The highest BCUT2D eigenvalue weighted by Gasteiger charge is 2.16. The van der Waals surface area contributed by atoms with E-state index >= 15 is 0 Å². The van der Waals surface area contributed by atoms with Gasteiger partial charge >= 0.3 is 0 Å². The number of carbonyl (C=O) groups is 1. The first kappa shape index (κ1) is 18.9. The number of oxazole rings is 1. The van der Waals surface area contributed by atoms with Gasteiger partial charge in [0.25, 0.3) is 0 Å². The molecule has 0 atom stereocenters. The van der Waals surface area contributed by atoms with Crippen LogP contribution < -0.4 is 10.1 Å². The number of hydrogen-bond acceptors (Lipinski definition) is 6. The minimum absolute atomic E-state index is 0.125. The Hall–Kier alpha value is -3.45. The smallest absolute Gasteiger partial charge is 0.232 e. The molecule has 4 rings (SSSR count). The fourth-order valence-corrected chi connectivity index (χ4v) is 3.57. The van der Waals surface area contributed by atoms with Gasteiger partial charge in [0.1, 0.15) is 11.5 Å². The van der Waals surface area contributed by atoms with Crippen LogP contribution in [0.15, 0.2) is 64.4 Å². The van der Waals surface area contributed by atoms with Gasteiger partial charge in [0.2, 0.25) is 11.8 Å². The fraction of sp³-hybridized carbons (Fsp3) is 0.136. The first-order valence-corrected chi connectivity index (χ1v) is 9.92. The molecule has 0 aliphatic heterocycles. The van der Waals surface area contributed by atoms with Gasteiger partial charge in [0.05, 0.1) is 24.9 Å². The van der Waals surface area contributed by atoms with Gasteiger partial charge in [-0.1, -0.05) is 18.2 Å². The van der Waals surface area contributed by atoms with E-state index in [1.165, 1.54) is 11.3 Å². The Kier molecular flexibility index (Phi) is 5.39. The van der Waals surface area contributed by atoms with Crippen LogP contribution in [0.25, 0.3) is 22.7 Å². The average Bonchev–Trinajstić information content (AvgIpc) is 3.35. The summed E-state index contributed by atoms with van der Waals surface area (Å²) in [5.41, 5.74) is 3.26. The summed E-state index contributed by atoms with van der Waals surface area (Å²) in [4.78, 5) is 21.4. The standard InChI is InChI=1S/C22H19N3O3S/c1-14-18(23-21(28-14)16-6-4-3-5-7-16)12-20(26)25-22-24-19(13-29-22)15-8-10-17(27-2)11-9-15/h3-11,13H,12H2,1-2H3,(H,24,25,26). The number of methoxy groups -OCH3 is 1. The van der Waals surface area contributed by atoms with Crippen molar-refractivity contribution >= 4 is 22.4 Å². The average molecular weight is 405 g/mol. The minimum atomic E-state index is -0.184. The van der Waals surface area contributed by atoms with Crippen molar-refractivity contribution < 1.29 is 13.9 Å². The highest BCUT2D eigenvalue weighted by Crippen LogP contribution is 2.27. The fourth-order valence-electron chi connectivity index (χ4n) is 2.84. The Labute approximate surface area is 172 Å². The van der Waals surface area contributed by atoms with Gasteiger partial charge in [-0.25, -0.2) is 9.97 Å². The van der Waals surface area contributed by atoms with Crippen molar-refractivity contribution in [3.8, 4) is 28.5 Å². The summed E-state index contributed by atoms with van der Waals surface area (Å²) in [7, 11) is 1.63. The van der Waals surface area contributed by atoms with Crippen molar-refractivity contribution in [1.82, 2.24) is 9.97 Å². The highest BCUT2D eigenvalue weighted by atomic mass is 32.1. The number of hydrogen-bond donors (Lipinski definition) is 1. The lowest BCUT2D eigenvalue weighted by molar-refractivity contribution is -0.115. The van der Waals surface area contributed by atoms with E-state index in [2.05, 4.69) is 15.3 Å². The topological polar surface area (TPSA) is 77.2 Å². The van der Waals surface area contributed by atoms with Crippen molar-refractivity contribution in [3.63, 3.8) is 0 Å². The zero-order valence-corrected chi connectivity index (χ0v) is 16.8. The van der Waals surface area contributed by atoms with Gasteiger partial charge in [-0.15, -0.1) is 11.3 Å². The summed E-state index contributed by atoms with van der Waals surface area (Å²) in [6.07, 6.45) is 0.125. The lowest BCUT2D eigenvalue weighted by atomic mass is 10.2. The number of carbonyl (C=O) groups excluding carboxylic acids is 1. The number of amides is 1. The van der Waals surface area contributed by atoms with E-state index in [-0.39, 0.29) is 12.3 Å². The Balaban J connectivity index is 1.43. The number of rotatable bonds is 6. The number of aryl methyl sites for hydroxylation is 1. The Bertz CT molecular complexity index is 1120. The van der Waals surface area contributed by atoms with Gasteiger partial charge in [-0.05, 0) is 43.3 Å². The first-order chi connectivity index (χ1) is 14.1. The summed E-state index contributed by atoms with van der Waals surface area (Å²) in [6.45, 7) is 1.81. The number of anilines is 1. The van der Waals surface area contributed by atoms with Crippen molar-refractivity contribution in [2.75, 3.05) is 12.4 Å². The summed E-state index contributed by atoms with van der Waals surface area (Å²) < 4.78 is 10.9. The molecule has 0 aliphatic rings. The molecule has 0 radical (unpaired) electrons. The molecule has 0 unspecified atom stereocenters. The second-order valence-corrected chi connectivity index (χ2v) is 7.24. The summed E-state index contributed by atoms with van der Waals surface area (Å²) in [5, 5.41) is 5.30. The second kappa shape index (κ2) is 8.28. The Morgan fingerprint density at radius 2 is 1.83 bits per heavy atom. The van der Waals surface area contributed by atoms with E-state index in [4.69, 9.17) is 9.15 Å². The molecule has 0 spiro atoms. The van der Waals surface area contributed by atoms with Crippen molar-refractivity contribution in [2.24, 2.45) is 0 Å². The van der Waals surface area contributed by atoms with Crippen LogP contribution in [0.2, 0.25) is 0 Å². The van der Waals surface area contributed by atoms with E-state index < -0.39 is 0 Å². The van der Waals surface area contributed by atoms with E-state index in [9.17, 15) is 4.79 Å². The Morgan fingerprint density at radius 3 is 2.55 bits per heavy atom. The Morgan fingerprint density at radius 1 is 1.07 bits per heavy atom. The second-order valence-electron chi connectivity index (χ2n) is 6.38. The van der Waals surface area contributed by atoms with E-state index in [1.807, 2.05) is 66.9 Å². The summed E-state index contributed by atoms with van der Waals surface area (Å²) >= 11 is 1.38. The molecule has 2 aromatic carbocycles. The van der Waals surface area contributed by atoms with Gasteiger partial charge in [-0.3, -0.25) is 4.79 Å². The lowest BCUT2D eigenvalue weighted by Gasteiger charge is -2.01. The number of nitrogens with one attached hydrogen (secondary N) is 1. The maximum Gasteiger partial charge on any atom is 0.232 e. The van der Waals surface area contributed by atoms with Crippen LogP contribution >= 0.6 is 11.3 Å². The molecule has 0 bridgehead atoms. The molecule has 2 aromatic heterocycles. The number of aromatic nitrogens is 2. The van der Waals surface area contributed by atoms with Crippen LogP contribution in [0, 0.1) is 6.92 Å². The maximum atomic E-state index is 12.5. The van der Waals surface area contributed by atoms with Crippen LogP contribution in [0.4, 0.5) is 5.13 Å². The molecular formula is C22H19N3O3S. The van der Waals surface area contributed by atoms with Crippen LogP contribution in [0.5, 0.6) is 5.75 Å². The number of ether oxygens (including phenoxy) is 1. The molecule has 7 heteroatoms. The molecule has 1 amide bonds. The van der Waals surface area contributed by atoms with Gasteiger partial charge < -0.3 is 14.5 Å². The highest BCUT2D eigenvalue weighted by molar-refractivity contribution is 7.14. The molecule has 0 fully saturated rings. The molecule has 0 aliphatic carbocycles. The monoisotopic (exact) mass is 405 g/mol. The molecule has 0 saturated heterocycles. The summed E-state index contributed by atoms with van der Waals surface area (Å²) in [5.74, 6) is 1.76. The molecule has 4 aromatic rings.